The van der Waals surface area contributed by atoms with Gasteiger partial charge in [-0.15, -0.1) is 0 Å². The Morgan fingerprint density at radius 2 is 1.78 bits per heavy atom. The van der Waals surface area contributed by atoms with Crippen molar-refractivity contribution in [2.45, 2.75) is 4.90 Å². The van der Waals surface area contributed by atoms with Gasteiger partial charge < -0.3 is 10.2 Å². The minimum atomic E-state index is -3.60. The summed E-state index contributed by atoms with van der Waals surface area (Å²) in [5, 5.41) is 7.02. The fraction of sp³-hybridized carbons (Fsp3) is 0.217. The van der Waals surface area contributed by atoms with Gasteiger partial charge in [-0.2, -0.15) is 9.40 Å². The number of carbonyl (C=O) groups excluding carboxylic acids is 1. The summed E-state index contributed by atoms with van der Waals surface area (Å²) in [6.07, 6.45) is 6.54. The van der Waals surface area contributed by atoms with E-state index in [-0.39, 0.29) is 10.8 Å². The van der Waals surface area contributed by atoms with E-state index >= 15 is 0 Å². The second kappa shape index (κ2) is 9.47. The van der Waals surface area contributed by atoms with E-state index in [1.165, 1.54) is 16.4 Å². The highest BCUT2D eigenvalue weighted by Gasteiger charge is 2.27. The Morgan fingerprint density at radius 3 is 2.53 bits per heavy atom. The molecule has 0 saturated carbocycles. The predicted octanol–water partition coefficient (Wildman–Crippen LogP) is 2.46. The molecule has 1 aliphatic rings. The van der Waals surface area contributed by atoms with Crippen LogP contribution < -0.4 is 5.32 Å². The molecule has 0 spiro atoms. The average Bonchev–Trinajstić information content (AvgIpc) is 3.28. The van der Waals surface area contributed by atoms with Gasteiger partial charge in [-0.05, 0) is 43.5 Å². The maximum Gasteiger partial charge on any atom is 0.248 e. The standard InChI is InChI=1S/C23H25N5O3S/c1-26-12-14-27(15-13-26)32(30,31)22-9-5-6-20(16-22)25-23(29)11-10-19-17-24-28(18-19)21-7-3-2-4-8-21/h2-11,16-18H,12-15H2,1H3,(H,25,29)/b11-10+. The maximum atomic E-state index is 12.9. The molecule has 4 rings (SSSR count). The van der Waals surface area contributed by atoms with E-state index in [9.17, 15) is 13.2 Å². The minimum Gasteiger partial charge on any atom is -0.322 e. The van der Waals surface area contributed by atoms with Crippen LogP contribution in [0.1, 0.15) is 5.56 Å². The molecule has 32 heavy (non-hydrogen) atoms. The number of nitrogens with one attached hydrogen (secondary N) is 1. The van der Waals surface area contributed by atoms with Gasteiger partial charge in [0.2, 0.25) is 15.9 Å². The molecular formula is C23H25N5O3S. The van der Waals surface area contributed by atoms with Crippen LogP contribution in [0.5, 0.6) is 0 Å². The van der Waals surface area contributed by atoms with E-state index in [1.54, 1.807) is 35.2 Å². The number of hydrogen-bond donors (Lipinski definition) is 1. The summed E-state index contributed by atoms with van der Waals surface area (Å²) in [5.41, 5.74) is 2.13. The Morgan fingerprint density at radius 1 is 1.03 bits per heavy atom. The third-order valence-corrected chi connectivity index (χ3v) is 7.15. The molecule has 1 aromatic heterocycles. The molecule has 1 saturated heterocycles. The number of amides is 1. The highest BCUT2D eigenvalue weighted by Crippen LogP contribution is 2.21. The van der Waals surface area contributed by atoms with Crippen molar-refractivity contribution in [3.63, 3.8) is 0 Å². The van der Waals surface area contributed by atoms with Crippen LogP contribution in [0.25, 0.3) is 11.8 Å². The molecule has 9 heteroatoms. The van der Waals surface area contributed by atoms with Crippen LogP contribution in [0.15, 0.2) is 78.0 Å². The van der Waals surface area contributed by atoms with Crippen LogP contribution in [-0.2, 0) is 14.8 Å². The zero-order valence-electron chi connectivity index (χ0n) is 17.8. The average molecular weight is 452 g/mol. The Kier molecular flexibility index (Phi) is 6.50. The van der Waals surface area contributed by atoms with Gasteiger partial charge in [0, 0.05) is 49.7 Å². The van der Waals surface area contributed by atoms with Crippen molar-refractivity contribution in [2.75, 3.05) is 38.5 Å². The van der Waals surface area contributed by atoms with Crippen LogP contribution in [-0.4, -0.2) is 66.5 Å². The number of rotatable bonds is 6. The number of anilines is 1. The highest BCUT2D eigenvalue weighted by molar-refractivity contribution is 7.89. The molecule has 1 amide bonds. The Balaban J connectivity index is 1.41. The number of benzene rings is 2. The molecule has 0 atom stereocenters. The molecule has 8 nitrogen and oxygen atoms in total. The molecule has 0 unspecified atom stereocenters. The second-order valence-corrected chi connectivity index (χ2v) is 9.55. The minimum absolute atomic E-state index is 0.174. The molecule has 0 radical (unpaired) electrons. The predicted molar refractivity (Wildman–Crippen MR) is 124 cm³/mol. The molecule has 2 heterocycles. The van der Waals surface area contributed by atoms with Crippen LogP contribution in [0, 0.1) is 0 Å². The van der Waals surface area contributed by atoms with E-state index in [0.717, 1.165) is 11.3 Å². The van der Waals surface area contributed by atoms with Crippen molar-refractivity contribution in [3.05, 3.63) is 78.6 Å². The summed E-state index contributed by atoms with van der Waals surface area (Å²) in [4.78, 5) is 14.6. The molecule has 2 aromatic carbocycles. The number of hydrogen-bond acceptors (Lipinski definition) is 5. The van der Waals surface area contributed by atoms with Crippen molar-refractivity contribution in [1.82, 2.24) is 19.0 Å². The molecule has 1 N–H and O–H groups in total. The fourth-order valence-corrected chi connectivity index (χ4v) is 4.88. The number of sulfonamides is 1. The molecule has 3 aromatic rings. The molecule has 166 valence electrons. The van der Waals surface area contributed by atoms with Gasteiger partial charge in [0.25, 0.3) is 0 Å². The third kappa shape index (κ3) is 5.13. The smallest absolute Gasteiger partial charge is 0.248 e. The number of likely N-dealkylation sites (N-methyl/N-ethyl adjacent to an activating group) is 1. The number of nitrogens with zero attached hydrogens (tertiary/aromatic N) is 4. The summed E-state index contributed by atoms with van der Waals surface area (Å²) >= 11 is 0. The molecule has 0 aliphatic carbocycles. The van der Waals surface area contributed by atoms with E-state index in [4.69, 9.17) is 0 Å². The van der Waals surface area contributed by atoms with Crippen molar-refractivity contribution >= 4 is 27.7 Å². The van der Waals surface area contributed by atoms with Crippen LogP contribution in [0.2, 0.25) is 0 Å². The van der Waals surface area contributed by atoms with Crippen molar-refractivity contribution in [3.8, 4) is 5.69 Å². The SMILES string of the molecule is CN1CCN(S(=O)(=O)c2cccc(NC(=O)/C=C/c3cnn(-c4ccccc4)c3)c2)CC1. The van der Waals surface area contributed by atoms with Gasteiger partial charge in [-0.3, -0.25) is 4.79 Å². The van der Waals surface area contributed by atoms with E-state index in [2.05, 4.69) is 15.3 Å². The normalized spacial score (nSPS) is 15.8. The molecular weight excluding hydrogens is 426 g/mol. The molecule has 1 aliphatic heterocycles. The zero-order chi connectivity index (χ0) is 22.6. The molecule has 1 fully saturated rings. The van der Waals surface area contributed by atoms with Crippen LogP contribution in [0.4, 0.5) is 5.69 Å². The van der Waals surface area contributed by atoms with Crippen LogP contribution >= 0.6 is 0 Å². The maximum absolute atomic E-state index is 12.9. The Bertz CT molecular complexity index is 1210. The van der Waals surface area contributed by atoms with Crippen molar-refractivity contribution in [2.24, 2.45) is 0 Å². The lowest BCUT2D eigenvalue weighted by Crippen LogP contribution is -2.47. The topological polar surface area (TPSA) is 87.5 Å². The van der Waals surface area contributed by atoms with Crippen LogP contribution in [0.3, 0.4) is 0 Å². The van der Waals surface area contributed by atoms with Gasteiger partial charge in [-0.1, -0.05) is 24.3 Å². The largest absolute Gasteiger partial charge is 0.322 e. The first-order valence-electron chi connectivity index (χ1n) is 10.3. The van der Waals surface area contributed by atoms with Gasteiger partial charge in [0.1, 0.15) is 0 Å². The first kappa shape index (κ1) is 21.9. The van der Waals surface area contributed by atoms with Gasteiger partial charge in [0.15, 0.2) is 0 Å². The first-order chi connectivity index (χ1) is 15.4. The number of aromatic nitrogens is 2. The number of para-hydroxylation sites is 1. The Hall–Kier alpha value is -3.27. The van der Waals surface area contributed by atoms with Gasteiger partial charge in [0.05, 0.1) is 16.8 Å². The highest BCUT2D eigenvalue weighted by atomic mass is 32.2. The third-order valence-electron chi connectivity index (χ3n) is 5.25. The van der Waals surface area contributed by atoms with E-state index in [1.807, 2.05) is 43.6 Å². The second-order valence-electron chi connectivity index (χ2n) is 7.61. The summed E-state index contributed by atoms with van der Waals surface area (Å²) in [6, 6.07) is 16.0. The van der Waals surface area contributed by atoms with E-state index in [0.29, 0.717) is 31.9 Å². The summed E-state index contributed by atoms with van der Waals surface area (Å²) < 4.78 is 29.1. The summed E-state index contributed by atoms with van der Waals surface area (Å²) in [5.74, 6) is -0.355. The monoisotopic (exact) mass is 451 g/mol. The Labute approximate surface area is 187 Å². The lowest BCUT2D eigenvalue weighted by Gasteiger charge is -2.31. The van der Waals surface area contributed by atoms with Crippen molar-refractivity contribution < 1.29 is 13.2 Å². The lowest BCUT2D eigenvalue weighted by atomic mass is 10.3. The first-order valence-corrected chi connectivity index (χ1v) is 11.7. The van der Waals surface area contributed by atoms with Crippen molar-refractivity contribution in [1.29, 1.82) is 0 Å². The summed E-state index contributed by atoms with van der Waals surface area (Å²) in [7, 11) is -1.62. The van der Waals surface area contributed by atoms with E-state index < -0.39 is 10.0 Å². The molecule has 0 bridgehead atoms. The fourth-order valence-electron chi connectivity index (χ4n) is 3.41. The quantitative estimate of drug-likeness (QED) is 0.582. The number of carbonyl (C=O) groups is 1. The number of piperazine rings is 1. The van der Waals surface area contributed by atoms with Gasteiger partial charge in [-0.25, -0.2) is 13.1 Å². The van der Waals surface area contributed by atoms with Gasteiger partial charge >= 0.3 is 0 Å². The lowest BCUT2D eigenvalue weighted by molar-refractivity contribution is -0.111. The summed E-state index contributed by atoms with van der Waals surface area (Å²) in [6.45, 7) is 2.30. The zero-order valence-corrected chi connectivity index (χ0v) is 18.6.